The largest absolute Gasteiger partial charge is 0.356 e. The first-order chi connectivity index (χ1) is 11.8. The molecule has 0 aromatic carbocycles. The molecule has 3 rings (SSSR count). The third kappa shape index (κ3) is 6.09. The van der Waals surface area contributed by atoms with Crippen LogP contribution in [0.5, 0.6) is 0 Å². The Morgan fingerprint density at radius 3 is 2.52 bits per heavy atom. The topological polar surface area (TPSA) is 73.4 Å². The summed E-state index contributed by atoms with van der Waals surface area (Å²) in [4.78, 5) is 25.4. The lowest BCUT2D eigenvalue weighted by molar-refractivity contribution is -0.125. The number of rotatable bonds is 6. The van der Waals surface area contributed by atoms with E-state index in [4.69, 9.17) is 0 Å². The quantitative estimate of drug-likeness (QED) is 0.713. The first kappa shape index (κ1) is 19.9. The van der Waals surface area contributed by atoms with Crippen molar-refractivity contribution in [3.63, 3.8) is 0 Å². The number of piperidine rings is 1. The second-order valence-electron chi connectivity index (χ2n) is 6.55. The lowest BCUT2D eigenvalue weighted by atomic mass is 9.97. The van der Waals surface area contributed by atoms with Crippen LogP contribution in [0.2, 0.25) is 0 Å². The Labute approximate surface area is 156 Å². The molecule has 1 amide bonds. The summed E-state index contributed by atoms with van der Waals surface area (Å²) in [5.41, 5.74) is 0. The molecule has 2 fully saturated rings. The Morgan fingerprint density at radius 1 is 1.16 bits per heavy atom. The van der Waals surface area contributed by atoms with Crippen LogP contribution >= 0.6 is 12.4 Å². The van der Waals surface area contributed by atoms with Crippen LogP contribution in [-0.4, -0.2) is 73.1 Å². The van der Waals surface area contributed by atoms with Crippen molar-refractivity contribution >= 4 is 24.3 Å². The zero-order valence-corrected chi connectivity index (χ0v) is 15.5. The lowest BCUT2D eigenvalue weighted by Crippen LogP contribution is -2.47. The molecule has 25 heavy (non-hydrogen) atoms. The summed E-state index contributed by atoms with van der Waals surface area (Å²) in [6.45, 7) is 7.74. The molecule has 0 aliphatic carbocycles. The third-order valence-electron chi connectivity index (χ3n) is 4.87. The molecule has 0 atom stereocenters. The number of nitrogens with zero attached hydrogens (tertiary/aromatic N) is 4. The van der Waals surface area contributed by atoms with Gasteiger partial charge in [0.05, 0.1) is 0 Å². The Kier molecular flexibility index (Phi) is 8.37. The van der Waals surface area contributed by atoms with Gasteiger partial charge < -0.3 is 15.5 Å². The smallest absolute Gasteiger partial charge is 0.225 e. The summed E-state index contributed by atoms with van der Waals surface area (Å²) in [7, 11) is 0. The van der Waals surface area contributed by atoms with E-state index in [-0.39, 0.29) is 24.2 Å². The number of aromatic nitrogens is 2. The van der Waals surface area contributed by atoms with Gasteiger partial charge in [-0.05, 0) is 45.0 Å². The molecular formula is C17H29ClN6O. The molecule has 3 heterocycles. The Bertz CT molecular complexity index is 503. The number of piperazine rings is 1. The van der Waals surface area contributed by atoms with E-state index in [0.717, 1.165) is 77.6 Å². The molecule has 0 bridgehead atoms. The van der Waals surface area contributed by atoms with Crippen molar-refractivity contribution < 1.29 is 4.79 Å². The van der Waals surface area contributed by atoms with E-state index in [0.29, 0.717) is 0 Å². The molecule has 140 valence electrons. The Morgan fingerprint density at radius 2 is 1.84 bits per heavy atom. The lowest BCUT2D eigenvalue weighted by Gasteiger charge is -2.34. The predicted molar refractivity (Wildman–Crippen MR) is 101 cm³/mol. The molecule has 2 N–H and O–H groups in total. The fourth-order valence-electron chi connectivity index (χ4n) is 3.37. The molecule has 2 saturated heterocycles. The number of carbonyl (C=O) groups is 1. The van der Waals surface area contributed by atoms with Gasteiger partial charge in [-0.3, -0.25) is 9.69 Å². The molecular weight excluding hydrogens is 340 g/mol. The fourth-order valence-corrected chi connectivity index (χ4v) is 3.37. The van der Waals surface area contributed by atoms with Gasteiger partial charge in [-0.2, -0.15) is 0 Å². The van der Waals surface area contributed by atoms with Gasteiger partial charge in [0.1, 0.15) is 0 Å². The highest BCUT2D eigenvalue weighted by Gasteiger charge is 2.21. The monoisotopic (exact) mass is 368 g/mol. The van der Waals surface area contributed by atoms with Crippen molar-refractivity contribution in [1.82, 2.24) is 25.5 Å². The normalized spacial score (nSPS) is 19.3. The molecule has 2 aliphatic heterocycles. The number of amides is 1. The molecule has 0 saturated carbocycles. The molecule has 0 spiro atoms. The number of anilines is 1. The fraction of sp³-hybridized carbons (Fsp3) is 0.706. The molecule has 1 aromatic rings. The van der Waals surface area contributed by atoms with Crippen LogP contribution < -0.4 is 15.5 Å². The van der Waals surface area contributed by atoms with Crippen molar-refractivity contribution in [1.29, 1.82) is 0 Å². The minimum absolute atomic E-state index is 0. The zero-order chi connectivity index (χ0) is 16.6. The van der Waals surface area contributed by atoms with Gasteiger partial charge in [-0.25, -0.2) is 9.97 Å². The van der Waals surface area contributed by atoms with Crippen molar-refractivity contribution in [3.8, 4) is 0 Å². The predicted octanol–water partition coefficient (Wildman–Crippen LogP) is 0.526. The number of hydrogen-bond acceptors (Lipinski definition) is 6. The summed E-state index contributed by atoms with van der Waals surface area (Å²) in [6.07, 6.45) is 6.53. The Hall–Kier alpha value is -1.44. The molecule has 8 heteroatoms. The molecule has 7 nitrogen and oxygen atoms in total. The standard InChI is InChI=1S/C17H28N6O.ClH/c24-16(15-3-8-18-9-4-15)19-7-2-10-22-11-13-23(14-12-22)17-20-5-1-6-21-17;/h1,5-6,15,18H,2-4,7-14H2,(H,19,24);1H. The van der Waals surface area contributed by atoms with Gasteiger partial charge in [0.25, 0.3) is 0 Å². The highest BCUT2D eigenvalue weighted by Crippen LogP contribution is 2.12. The molecule has 0 unspecified atom stereocenters. The van der Waals surface area contributed by atoms with Crippen LogP contribution in [0.3, 0.4) is 0 Å². The van der Waals surface area contributed by atoms with E-state index >= 15 is 0 Å². The van der Waals surface area contributed by atoms with E-state index in [1.165, 1.54) is 0 Å². The summed E-state index contributed by atoms with van der Waals surface area (Å²) in [6, 6.07) is 1.85. The maximum atomic E-state index is 12.1. The van der Waals surface area contributed by atoms with Gasteiger partial charge in [-0.15, -0.1) is 12.4 Å². The van der Waals surface area contributed by atoms with E-state index < -0.39 is 0 Å². The van der Waals surface area contributed by atoms with Crippen LogP contribution in [-0.2, 0) is 4.79 Å². The van der Waals surface area contributed by atoms with Crippen molar-refractivity contribution in [2.75, 3.05) is 57.3 Å². The van der Waals surface area contributed by atoms with Crippen molar-refractivity contribution in [3.05, 3.63) is 18.5 Å². The zero-order valence-electron chi connectivity index (χ0n) is 14.7. The van der Waals surface area contributed by atoms with Gasteiger partial charge in [0.15, 0.2) is 0 Å². The second kappa shape index (κ2) is 10.5. The summed E-state index contributed by atoms with van der Waals surface area (Å²) >= 11 is 0. The Balaban J connectivity index is 0.00000225. The first-order valence-electron chi connectivity index (χ1n) is 9.05. The maximum absolute atomic E-state index is 12.1. The van der Waals surface area contributed by atoms with E-state index in [2.05, 4.69) is 30.4 Å². The van der Waals surface area contributed by atoms with Crippen LogP contribution in [0.1, 0.15) is 19.3 Å². The SMILES string of the molecule is Cl.O=C(NCCCN1CCN(c2ncccn2)CC1)C1CCNCC1. The van der Waals surface area contributed by atoms with Crippen LogP contribution in [0.15, 0.2) is 18.5 Å². The summed E-state index contributed by atoms with van der Waals surface area (Å²) in [5.74, 6) is 1.27. The van der Waals surface area contributed by atoms with E-state index in [1.54, 1.807) is 12.4 Å². The number of nitrogens with one attached hydrogen (secondary N) is 2. The summed E-state index contributed by atoms with van der Waals surface area (Å²) in [5, 5.41) is 6.40. The van der Waals surface area contributed by atoms with E-state index in [1.807, 2.05) is 6.07 Å². The van der Waals surface area contributed by atoms with Gasteiger partial charge >= 0.3 is 0 Å². The number of hydrogen-bond donors (Lipinski definition) is 2. The van der Waals surface area contributed by atoms with Crippen molar-refractivity contribution in [2.24, 2.45) is 5.92 Å². The van der Waals surface area contributed by atoms with Crippen LogP contribution in [0, 0.1) is 5.92 Å². The first-order valence-corrected chi connectivity index (χ1v) is 9.05. The van der Waals surface area contributed by atoms with Crippen molar-refractivity contribution in [2.45, 2.75) is 19.3 Å². The van der Waals surface area contributed by atoms with Gasteiger partial charge in [0.2, 0.25) is 11.9 Å². The third-order valence-corrected chi connectivity index (χ3v) is 4.87. The highest BCUT2D eigenvalue weighted by atomic mass is 35.5. The molecule has 2 aliphatic rings. The summed E-state index contributed by atoms with van der Waals surface area (Å²) < 4.78 is 0. The van der Waals surface area contributed by atoms with Gasteiger partial charge in [-0.1, -0.05) is 0 Å². The number of halogens is 1. The second-order valence-corrected chi connectivity index (χ2v) is 6.55. The minimum atomic E-state index is 0. The highest BCUT2D eigenvalue weighted by molar-refractivity contribution is 5.85. The van der Waals surface area contributed by atoms with E-state index in [9.17, 15) is 4.79 Å². The average Bonchev–Trinajstić information content (AvgIpc) is 2.67. The minimum Gasteiger partial charge on any atom is -0.356 e. The average molecular weight is 369 g/mol. The number of carbonyl (C=O) groups excluding carboxylic acids is 1. The van der Waals surface area contributed by atoms with Crippen LogP contribution in [0.4, 0.5) is 5.95 Å². The van der Waals surface area contributed by atoms with Gasteiger partial charge in [0, 0.05) is 51.0 Å². The maximum Gasteiger partial charge on any atom is 0.225 e. The van der Waals surface area contributed by atoms with Crippen LogP contribution in [0.25, 0.3) is 0 Å². The molecule has 0 radical (unpaired) electrons. The molecule has 1 aromatic heterocycles.